The number of halogens is 2. The first-order valence-corrected chi connectivity index (χ1v) is 7.77. The Morgan fingerprint density at radius 2 is 1.90 bits per heavy atom. The first kappa shape index (κ1) is 13.2. The zero-order valence-electron chi connectivity index (χ0n) is 11.3. The van der Waals surface area contributed by atoms with Crippen LogP contribution < -0.4 is 5.32 Å². The van der Waals surface area contributed by atoms with Gasteiger partial charge in [0.05, 0.1) is 6.04 Å². The second kappa shape index (κ2) is 5.06. The van der Waals surface area contributed by atoms with Gasteiger partial charge in [0.2, 0.25) is 0 Å². The molecular weight excluding hydrogens is 303 g/mol. The highest BCUT2D eigenvalue weighted by atomic mass is 35.5. The second-order valence-electron chi connectivity index (χ2n) is 5.37. The van der Waals surface area contributed by atoms with Crippen LogP contribution in [0.5, 0.6) is 0 Å². The molecule has 21 heavy (non-hydrogen) atoms. The van der Waals surface area contributed by atoms with E-state index in [1.807, 2.05) is 36.4 Å². The summed E-state index contributed by atoms with van der Waals surface area (Å²) in [5, 5.41) is 6.34. The van der Waals surface area contributed by atoms with Crippen LogP contribution in [0.3, 0.4) is 0 Å². The molecule has 3 aromatic rings. The van der Waals surface area contributed by atoms with E-state index in [0.717, 1.165) is 34.1 Å². The number of benzene rings is 2. The van der Waals surface area contributed by atoms with Crippen molar-refractivity contribution in [1.29, 1.82) is 0 Å². The van der Waals surface area contributed by atoms with Crippen molar-refractivity contribution < 1.29 is 0 Å². The van der Waals surface area contributed by atoms with Crippen LogP contribution in [0.25, 0.3) is 10.9 Å². The summed E-state index contributed by atoms with van der Waals surface area (Å²) in [7, 11) is 0. The van der Waals surface area contributed by atoms with E-state index in [0.29, 0.717) is 0 Å². The Kier molecular flexibility index (Phi) is 3.18. The molecule has 2 N–H and O–H groups in total. The van der Waals surface area contributed by atoms with Crippen LogP contribution >= 0.6 is 23.2 Å². The molecule has 1 atom stereocenters. The van der Waals surface area contributed by atoms with Crippen molar-refractivity contribution in [1.82, 2.24) is 10.3 Å². The average Bonchev–Trinajstić information content (AvgIpc) is 2.86. The highest BCUT2D eigenvalue weighted by molar-refractivity contribution is 6.31. The van der Waals surface area contributed by atoms with Crippen LogP contribution in [0, 0.1) is 0 Å². The third kappa shape index (κ3) is 2.15. The van der Waals surface area contributed by atoms with E-state index < -0.39 is 0 Å². The van der Waals surface area contributed by atoms with Crippen LogP contribution in [0.4, 0.5) is 0 Å². The molecular formula is C17H14Cl2N2. The zero-order chi connectivity index (χ0) is 14.4. The molecule has 0 spiro atoms. The minimum absolute atomic E-state index is 0.105. The van der Waals surface area contributed by atoms with Gasteiger partial charge in [-0.25, -0.2) is 0 Å². The number of aromatic amines is 1. The summed E-state index contributed by atoms with van der Waals surface area (Å²) < 4.78 is 0. The molecule has 0 saturated carbocycles. The fraction of sp³-hybridized carbons (Fsp3) is 0.176. The van der Waals surface area contributed by atoms with Crippen molar-refractivity contribution in [3.8, 4) is 0 Å². The van der Waals surface area contributed by atoms with Gasteiger partial charge >= 0.3 is 0 Å². The Balaban J connectivity index is 1.92. The lowest BCUT2D eigenvalue weighted by atomic mass is 9.94. The minimum Gasteiger partial charge on any atom is -0.357 e. The summed E-state index contributed by atoms with van der Waals surface area (Å²) in [6, 6.07) is 14.1. The van der Waals surface area contributed by atoms with Gasteiger partial charge in [0.25, 0.3) is 0 Å². The van der Waals surface area contributed by atoms with Crippen molar-refractivity contribution in [2.75, 3.05) is 6.54 Å². The quantitative estimate of drug-likeness (QED) is 0.668. The second-order valence-corrected chi connectivity index (χ2v) is 6.21. The fourth-order valence-electron chi connectivity index (χ4n) is 3.17. The largest absolute Gasteiger partial charge is 0.357 e. The van der Waals surface area contributed by atoms with E-state index >= 15 is 0 Å². The molecule has 1 aromatic heterocycles. The molecule has 1 unspecified atom stereocenters. The van der Waals surface area contributed by atoms with Gasteiger partial charge in [0.1, 0.15) is 0 Å². The zero-order valence-corrected chi connectivity index (χ0v) is 12.8. The van der Waals surface area contributed by atoms with Crippen molar-refractivity contribution in [2.24, 2.45) is 0 Å². The molecule has 0 aliphatic carbocycles. The van der Waals surface area contributed by atoms with Gasteiger partial charge in [-0.15, -0.1) is 0 Å². The molecule has 4 rings (SSSR count). The average molecular weight is 317 g/mol. The molecule has 0 fully saturated rings. The summed E-state index contributed by atoms with van der Waals surface area (Å²) in [6.45, 7) is 0.933. The maximum atomic E-state index is 6.37. The first-order chi connectivity index (χ1) is 10.2. The summed E-state index contributed by atoms with van der Waals surface area (Å²) in [5.41, 5.74) is 4.78. The van der Waals surface area contributed by atoms with Gasteiger partial charge in [-0.3, -0.25) is 0 Å². The topological polar surface area (TPSA) is 27.8 Å². The van der Waals surface area contributed by atoms with Gasteiger partial charge in [0.15, 0.2) is 0 Å². The summed E-state index contributed by atoms with van der Waals surface area (Å²) in [4.78, 5) is 3.54. The molecule has 1 aliphatic rings. The molecule has 1 aliphatic heterocycles. The molecule has 2 nitrogen and oxygen atoms in total. The Morgan fingerprint density at radius 1 is 1.05 bits per heavy atom. The van der Waals surface area contributed by atoms with Crippen molar-refractivity contribution in [3.63, 3.8) is 0 Å². The van der Waals surface area contributed by atoms with Crippen LogP contribution in [0.15, 0.2) is 42.5 Å². The molecule has 2 heterocycles. The number of aromatic nitrogens is 1. The Bertz CT molecular complexity index is 823. The molecule has 0 saturated heterocycles. The Morgan fingerprint density at radius 3 is 2.76 bits per heavy atom. The Hall–Kier alpha value is -1.48. The lowest BCUT2D eigenvalue weighted by Crippen LogP contribution is -2.30. The van der Waals surface area contributed by atoms with E-state index in [9.17, 15) is 0 Å². The third-order valence-corrected chi connectivity index (χ3v) is 4.71. The Labute approximate surface area is 133 Å². The highest BCUT2D eigenvalue weighted by Crippen LogP contribution is 2.36. The highest BCUT2D eigenvalue weighted by Gasteiger charge is 2.26. The predicted octanol–water partition coefficient (Wildman–Crippen LogP) is 4.71. The van der Waals surface area contributed by atoms with Gasteiger partial charge < -0.3 is 10.3 Å². The monoisotopic (exact) mass is 316 g/mol. The predicted molar refractivity (Wildman–Crippen MR) is 88.3 cm³/mol. The summed E-state index contributed by atoms with van der Waals surface area (Å²) >= 11 is 12.5. The van der Waals surface area contributed by atoms with Gasteiger partial charge in [-0.05, 0) is 41.8 Å². The number of nitrogens with one attached hydrogen (secondary N) is 2. The lowest BCUT2D eigenvalue weighted by Gasteiger charge is -2.25. The first-order valence-electron chi connectivity index (χ1n) is 7.02. The molecule has 4 heteroatoms. The van der Waals surface area contributed by atoms with Gasteiger partial charge in [0, 0.05) is 33.2 Å². The standard InChI is InChI=1S/C17H14Cl2N2/c18-10-5-6-15-13(9-10)11-7-8-20-16(17(11)21-15)12-3-1-2-4-14(12)19/h1-6,9,16,20-21H,7-8H2. The van der Waals surface area contributed by atoms with Crippen LogP contribution in [0.1, 0.15) is 22.9 Å². The van der Waals surface area contributed by atoms with Crippen molar-refractivity contribution >= 4 is 34.1 Å². The number of H-pyrrole nitrogens is 1. The van der Waals surface area contributed by atoms with E-state index in [-0.39, 0.29) is 6.04 Å². The lowest BCUT2D eigenvalue weighted by molar-refractivity contribution is 0.560. The van der Waals surface area contributed by atoms with E-state index in [2.05, 4.69) is 16.4 Å². The molecule has 0 radical (unpaired) electrons. The maximum Gasteiger partial charge on any atom is 0.0746 e. The number of fused-ring (bicyclic) bond motifs is 3. The number of hydrogen-bond acceptors (Lipinski definition) is 1. The normalized spacial score (nSPS) is 17.9. The van der Waals surface area contributed by atoms with E-state index in [4.69, 9.17) is 23.2 Å². The fourth-order valence-corrected chi connectivity index (χ4v) is 3.59. The van der Waals surface area contributed by atoms with Gasteiger partial charge in [-0.1, -0.05) is 41.4 Å². The molecule has 2 aromatic carbocycles. The molecule has 0 amide bonds. The molecule has 106 valence electrons. The van der Waals surface area contributed by atoms with Gasteiger partial charge in [-0.2, -0.15) is 0 Å². The smallest absolute Gasteiger partial charge is 0.0746 e. The third-order valence-electron chi connectivity index (χ3n) is 4.13. The van der Waals surface area contributed by atoms with Crippen LogP contribution in [-0.4, -0.2) is 11.5 Å². The van der Waals surface area contributed by atoms with Crippen molar-refractivity contribution in [3.05, 3.63) is 69.3 Å². The van der Waals surface area contributed by atoms with Crippen LogP contribution in [0.2, 0.25) is 10.0 Å². The maximum absolute atomic E-state index is 6.37. The van der Waals surface area contributed by atoms with E-state index in [1.54, 1.807) is 0 Å². The molecule has 0 bridgehead atoms. The minimum atomic E-state index is 0.105. The summed E-state index contributed by atoms with van der Waals surface area (Å²) in [5.74, 6) is 0. The summed E-state index contributed by atoms with van der Waals surface area (Å²) in [6.07, 6.45) is 0.997. The van der Waals surface area contributed by atoms with Crippen LogP contribution in [-0.2, 0) is 6.42 Å². The van der Waals surface area contributed by atoms with E-state index in [1.165, 1.54) is 16.6 Å². The van der Waals surface area contributed by atoms with Crippen molar-refractivity contribution in [2.45, 2.75) is 12.5 Å². The SMILES string of the molecule is Clc1ccc2[nH]c3c(c2c1)CCNC3c1ccccc1Cl. The number of rotatable bonds is 1. The number of hydrogen-bond donors (Lipinski definition) is 2.